The average molecular weight is 500 g/mol. The summed E-state index contributed by atoms with van der Waals surface area (Å²) in [7, 11) is 2.19. The molecule has 0 fully saturated rings. The first-order valence-corrected chi connectivity index (χ1v) is 13.5. The maximum atomic E-state index is 6.54. The van der Waals surface area contributed by atoms with E-state index < -0.39 is 0 Å². The van der Waals surface area contributed by atoms with Crippen molar-refractivity contribution < 1.29 is 8.98 Å². The summed E-state index contributed by atoms with van der Waals surface area (Å²) in [5.41, 5.74) is 13.0. The molecule has 4 aromatic carbocycles. The maximum Gasteiger partial charge on any atom is 0.294 e. The van der Waals surface area contributed by atoms with Crippen LogP contribution in [0.15, 0.2) is 83.4 Å². The maximum absolute atomic E-state index is 6.54. The van der Waals surface area contributed by atoms with Crippen LogP contribution in [0.25, 0.3) is 50.3 Å². The fourth-order valence-electron chi connectivity index (χ4n) is 6.07. The van der Waals surface area contributed by atoms with Crippen LogP contribution < -0.4 is 4.57 Å². The lowest BCUT2D eigenvalue weighted by Gasteiger charge is -2.14. The van der Waals surface area contributed by atoms with Gasteiger partial charge in [0.15, 0.2) is 5.69 Å². The van der Waals surface area contributed by atoms with E-state index in [1.807, 2.05) is 6.07 Å². The van der Waals surface area contributed by atoms with Gasteiger partial charge in [-0.2, -0.15) is 4.57 Å². The summed E-state index contributed by atoms with van der Waals surface area (Å²) in [6, 6.07) is 26.2. The van der Waals surface area contributed by atoms with E-state index in [2.05, 4.69) is 131 Å². The van der Waals surface area contributed by atoms with Crippen LogP contribution in [0.5, 0.6) is 0 Å². The molecule has 0 amide bonds. The lowest BCUT2D eigenvalue weighted by Crippen LogP contribution is -2.34. The Morgan fingerprint density at radius 2 is 1.50 bits per heavy atom. The molecule has 2 heterocycles. The van der Waals surface area contributed by atoms with Gasteiger partial charge in [0.25, 0.3) is 5.82 Å². The zero-order valence-corrected chi connectivity index (χ0v) is 23.4. The molecule has 0 saturated carbocycles. The van der Waals surface area contributed by atoms with E-state index in [-0.39, 0.29) is 0 Å². The zero-order valence-electron chi connectivity index (χ0n) is 23.4. The third-order valence-corrected chi connectivity index (χ3v) is 7.78. The smallest absolute Gasteiger partial charge is 0.294 e. The number of para-hydroxylation sites is 2. The molecule has 3 nitrogen and oxygen atoms in total. The minimum atomic E-state index is 0.397. The number of aromatic nitrogens is 2. The van der Waals surface area contributed by atoms with Crippen molar-refractivity contribution in [1.29, 1.82) is 0 Å². The highest BCUT2D eigenvalue weighted by atomic mass is 16.3. The summed E-state index contributed by atoms with van der Waals surface area (Å²) in [6.07, 6.45) is 2.32. The fourth-order valence-corrected chi connectivity index (χ4v) is 6.07. The van der Waals surface area contributed by atoms with Crippen LogP contribution in [0, 0.1) is 27.7 Å². The molecule has 0 radical (unpaired) electrons. The number of fused-ring (bicyclic) bond motifs is 3. The van der Waals surface area contributed by atoms with Crippen LogP contribution in [-0.2, 0) is 7.05 Å². The number of nitrogens with zero attached hydrogens (tertiary/aromatic N) is 2. The van der Waals surface area contributed by atoms with Gasteiger partial charge in [-0.3, -0.25) is 0 Å². The molecular weight excluding hydrogens is 464 g/mol. The van der Waals surface area contributed by atoms with E-state index in [1.54, 1.807) is 0 Å². The van der Waals surface area contributed by atoms with Crippen molar-refractivity contribution in [2.45, 2.75) is 47.5 Å². The first-order chi connectivity index (χ1) is 18.2. The van der Waals surface area contributed by atoms with Gasteiger partial charge in [-0.05, 0) is 74.1 Å². The largest absolute Gasteiger partial charge is 0.455 e. The summed E-state index contributed by atoms with van der Waals surface area (Å²) < 4.78 is 11.3. The minimum Gasteiger partial charge on any atom is -0.455 e. The number of aryl methyl sites for hydroxylation is 4. The monoisotopic (exact) mass is 499 g/mol. The zero-order chi connectivity index (χ0) is 26.7. The summed E-state index contributed by atoms with van der Waals surface area (Å²) in [5.74, 6) is 1.56. The van der Waals surface area contributed by atoms with Gasteiger partial charge in [-0.15, -0.1) is 0 Å². The number of hydrogen-bond acceptors (Lipinski definition) is 1. The second kappa shape index (κ2) is 9.02. The van der Waals surface area contributed by atoms with Crippen LogP contribution in [0.2, 0.25) is 0 Å². The van der Waals surface area contributed by atoms with Gasteiger partial charge in [0, 0.05) is 16.3 Å². The average Bonchev–Trinajstić information content (AvgIpc) is 3.40. The van der Waals surface area contributed by atoms with Gasteiger partial charge in [0.05, 0.1) is 18.2 Å². The lowest BCUT2D eigenvalue weighted by atomic mass is 9.97. The van der Waals surface area contributed by atoms with Gasteiger partial charge < -0.3 is 4.42 Å². The molecule has 6 aromatic rings. The van der Waals surface area contributed by atoms with E-state index in [0.29, 0.717) is 5.92 Å². The standard InChI is InChI=1S/C35H35N2O/c1-21(2)27-13-10-11-25(6)33(27)37-20-30(36(7)35(37)26-18-22(3)17-23(4)19-26)32-24(5)15-16-29-28-12-8-9-14-31(28)38-34(29)32/h8-21H,1-7H3/q+1. The van der Waals surface area contributed by atoms with Crippen LogP contribution in [0.4, 0.5) is 0 Å². The van der Waals surface area contributed by atoms with Crippen molar-refractivity contribution in [2.24, 2.45) is 7.05 Å². The lowest BCUT2D eigenvalue weighted by molar-refractivity contribution is -0.583. The van der Waals surface area contributed by atoms with Crippen LogP contribution >= 0.6 is 0 Å². The van der Waals surface area contributed by atoms with Gasteiger partial charge in [0.2, 0.25) is 0 Å². The quantitative estimate of drug-likeness (QED) is 0.222. The summed E-state index contributed by atoms with van der Waals surface area (Å²) in [6.45, 7) is 13.3. The van der Waals surface area contributed by atoms with Gasteiger partial charge >= 0.3 is 0 Å². The van der Waals surface area contributed by atoms with Gasteiger partial charge in [0.1, 0.15) is 23.1 Å². The molecule has 190 valence electrons. The van der Waals surface area contributed by atoms with E-state index in [4.69, 9.17) is 4.42 Å². The molecule has 3 heteroatoms. The molecular formula is C35H35N2O+. The third-order valence-electron chi connectivity index (χ3n) is 7.78. The van der Waals surface area contributed by atoms with Crippen molar-refractivity contribution in [3.63, 3.8) is 0 Å². The molecule has 0 aliphatic rings. The Morgan fingerprint density at radius 3 is 2.24 bits per heavy atom. The van der Waals surface area contributed by atoms with Crippen LogP contribution in [0.3, 0.4) is 0 Å². The molecule has 38 heavy (non-hydrogen) atoms. The van der Waals surface area contributed by atoms with E-state index in [9.17, 15) is 0 Å². The van der Waals surface area contributed by atoms with Crippen LogP contribution in [-0.4, -0.2) is 4.57 Å². The number of benzene rings is 4. The Morgan fingerprint density at radius 1 is 0.763 bits per heavy atom. The Bertz CT molecular complexity index is 1830. The Labute approximate surface area is 225 Å². The predicted octanol–water partition coefficient (Wildman–Crippen LogP) is 8.89. The summed E-state index contributed by atoms with van der Waals surface area (Å²) >= 11 is 0. The third kappa shape index (κ3) is 3.77. The molecule has 0 aliphatic heterocycles. The number of imidazole rings is 1. The van der Waals surface area contributed by atoms with Crippen molar-refractivity contribution in [2.75, 3.05) is 0 Å². The molecule has 0 atom stereocenters. The summed E-state index contributed by atoms with van der Waals surface area (Å²) in [4.78, 5) is 0. The molecule has 0 N–H and O–H groups in total. The van der Waals surface area contributed by atoms with Gasteiger partial charge in [-0.25, -0.2) is 4.57 Å². The van der Waals surface area contributed by atoms with Gasteiger partial charge in [-0.1, -0.05) is 68.4 Å². The Hall–Kier alpha value is -4.11. The van der Waals surface area contributed by atoms with E-state index >= 15 is 0 Å². The topological polar surface area (TPSA) is 21.9 Å². The summed E-state index contributed by atoms with van der Waals surface area (Å²) in [5, 5.41) is 2.31. The van der Waals surface area contributed by atoms with Crippen molar-refractivity contribution in [3.05, 3.63) is 107 Å². The highest BCUT2D eigenvalue weighted by molar-refractivity contribution is 6.09. The fraction of sp³-hybridized carbons (Fsp3) is 0.229. The highest BCUT2D eigenvalue weighted by Crippen LogP contribution is 2.39. The van der Waals surface area contributed by atoms with Crippen molar-refractivity contribution >= 4 is 21.9 Å². The van der Waals surface area contributed by atoms with E-state index in [1.165, 1.54) is 39.1 Å². The molecule has 6 rings (SSSR count). The molecule has 0 bridgehead atoms. The molecule has 0 saturated heterocycles. The number of rotatable bonds is 4. The Balaban J connectivity index is 1.74. The molecule has 2 aromatic heterocycles. The second-order valence-corrected chi connectivity index (χ2v) is 11.0. The van der Waals surface area contributed by atoms with E-state index in [0.717, 1.165) is 39.0 Å². The van der Waals surface area contributed by atoms with Crippen LogP contribution in [0.1, 0.15) is 47.6 Å². The molecule has 0 unspecified atom stereocenters. The van der Waals surface area contributed by atoms with Crippen molar-refractivity contribution in [1.82, 2.24) is 4.57 Å². The Kier molecular flexibility index (Phi) is 5.75. The van der Waals surface area contributed by atoms with Crippen molar-refractivity contribution in [3.8, 4) is 28.3 Å². The minimum absolute atomic E-state index is 0.397. The molecule has 0 spiro atoms. The second-order valence-electron chi connectivity index (χ2n) is 11.0. The first kappa shape index (κ1) is 24.2. The SMILES string of the molecule is Cc1cc(C)cc(-c2n(C)c(-c3c(C)ccc4c3oc3ccccc34)c[n+]2-c2c(C)cccc2C(C)C)c1. The predicted molar refractivity (Wildman–Crippen MR) is 158 cm³/mol. The number of furan rings is 1. The highest BCUT2D eigenvalue weighted by Gasteiger charge is 2.30. The number of hydrogen-bond donors (Lipinski definition) is 0. The molecule has 0 aliphatic carbocycles. The normalized spacial score (nSPS) is 11.8. The first-order valence-electron chi connectivity index (χ1n) is 13.5.